The Labute approximate surface area is 145 Å². The van der Waals surface area contributed by atoms with Crippen molar-refractivity contribution >= 4 is 11.9 Å². The number of ether oxygens (including phenoxy) is 1. The second-order valence-electron chi connectivity index (χ2n) is 6.44. The molecule has 5 nitrogen and oxygen atoms in total. The van der Waals surface area contributed by atoms with Gasteiger partial charge in [-0.1, -0.05) is 50.6 Å². The largest absolute Gasteiger partial charge is 0.467 e. The summed E-state index contributed by atoms with van der Waals surface area (Å²) < 4.78 is 4.82. The molecule has 2 unspecified atom stereocenters. The van der Waals surface area contributed by atoms with Crippen LogP contribution in [0, 0.1) is 5.92 Å². The molecule has 134 valence electrons. The van der Waals surface area contributed by atoms with Crippen molar-refractivity contribution in [2.75, 3.05) is 13.7 Å². The van der Waals surface area contributed by atoms with E-state index < -0.39 is 12.0 Å². The molecule has 1 aromatic rings. The summed E-state index contributed by atoms with van der Waals surface area (Å²) in [5.74, 6) is -0.518. The Bertz CT molecular complexity index is 517. The van der Waals surface area contributed by atoms with Crippen molar-refractivity contribution in [2.24, 2.45) is 5.92 Å². The molecule has 0 aromatic heterocycles. The van der Waals surface area contributed by atoms with Gasteiger partial charge in [-0.15, -0.1) is 0 Å². The van der Waals surface area contributed by atoms with E-state index in [2.05, 4.69) is 24.1 Å². The molecule has 0 bridgehead atoms. The van der Waals surface area contributed by atoms with E-state index in [0.29, 0.717) is 6.54 Å². The van der Waals surface area contributed by atoms with Gasteiger partial charge in [0.15, 0.2) is 0 Å². The summed E-state index contributed by atoms with van der Waals surface area (Å²) >= 11 is 0. The van der Waals surface area contributed by atoms with Crippen LogP contribution < -0.4 is 5.32 Å². The van der Waals surface area contributed by atoms with E-state index in [9.17, 15) is 9.59 Å². The van der Waals surface area contributed by atoms with E-state index in [1.165, 1.54) is 7.11 Å². The number of hydrogen-bond acceptors (Lipinski definition) is 4. The summed E-state index contributed by atoms with van der Waals surface area (Å²) in [6.07, 6.45) is 0.790. The zero-order valence-corrected chi connectivity index (χ0v) is 15.4. The van der Waals surface area contributed by atoms with Gasteiger partial charge in [0.2, 0.25) is 5.91 Å². The minimum absolute atomic E-state index is 0.0306. The normalized spacial score (nSPS) is 13.6. The third kappa shape index (κ3) is 6.32. The highest BCUT2D eigenvalue weighted by Crippen LogP contribution is 2.11. The zero-order valence-electron chi connectivity index (χ0n) is 15.4. The van der Waals surface area contributed by atoms with E-state index in [1.807, 2.05) is 44.2 Å². The second-order valence-corrected chi connectivity index (χ2v) is 6.44. The number of nitrogens with one attached hydrogen (secondary N) is 1. The molecular weight excluding hydrogens is 304 g/mol. The van der Waals surface area contributed by atoms with Crippen molar-refractivity contribution in [1.29, 1.82) is 0 Å². The highest BCUT2D eigenvalue weighted by atomic mass is 16.5. The Morgan fingerprint density at radius 1 is 1.17 bits per heavy atom. The maximum absolute atomic E-state index is 12.4. The van der Waals surface area contributed by atoms with Gasteiger partial charge < -0.3 is 10.1 Å². The number of rotatable bonds is 9. The van der Waals surface area contributed by atoms with Crippen LogP contribution in [0.25, 0.3) is 0 Å². The van der Waals surface area contributed by atoms with Crippen LogP contribution in [0.3, 0.4) is 0 Å². The zero-order chi connectivity index (χ0) is 18.1. The number of hydrogen-bond donors (Lipinski definition) is 1. The summed E-state index contributed by atoms with van der Waals surface area (Å²) in [5.41, 5.74) is 1.16. The average molecular weight is 334 g/mol. The van der Waals surface area contributed by atoms with Gasteiger partial charge in [-0.05, 0) is 25.3 Å². The van der Waals surface area contributed by atoms with Crippen molar-refractivity contribution in [3.05, 3.63) is 35.9 Å². The molecule has 1 N–H and O–H groups in total. The van der Waals surface area contributed by atoms with Gasteiger partial charge in [0.05, 0.1) is 13.7 Å². The van der Waals surface area contributed by atoms with Crippen LogP contribution in [0.2, 0.25) is 0 Å². The average Bonchev–Trinajstić information content (AvgIpc) is 2.58. The van der Waals surface area contributed by atoms with E-state index in [0.717, 1.165) is 12.0 Å². The lowest BCUT2D eigenvalue weighted by Gasteiger charge is -2.28. The minimum atomic E-state index is -0.599. The molecule has 0 radical (unpaired) electrons. The second kappa shape index (κ2) is 10.1. The molecule has 24 heavy (non-hydrogen) atoms. The molecule has 1 aromatic carbocycles. The molecule has 1 amide bonds. The van der Waals surface area contributed by atoms with Crippen molar-refractivity contribution in [1.82, 2.24) is 10.2 Å². The van der Waals surface area contributed by atoms with Gasteiger partial charge in [0, 0.05) is 12.6 Å². The maximum Gasteiger partial charge on any atom is 0.328 e. The molecule has 0 aliphatic carbocycles. The van der Waals surface area contributed by atoms with Crippen molar-refractivity contribution in [3.63, 3.8) is 0 Å². The number of carbonyl (C=O) groups is 2. The van der Waals surface area contributed by atoms with Crippen LogP contribution in [0.4, 0.5) is 0 Å². The van der Waals surface area contributed by atoms with Crippen molar-refractivity contribution in [2.45, 2.75) is 52.7 Å². The lowest BCUT2D eigenvalue weighted by Crippen LogP contribution is -2.49. The first kappa shape index (κ1) is 20.2. The fourth-order valence-corrected chi connectivity index (χ4v) is 2.44. The molecule has 0 fully saturated rings. The minimum Gasteiger partial charge on any atom is -0.467 e. The van der Waals surface area contributed by atoms with Crippen LogP contribution >= 0.6 is 0 Å². The SMILES string of the molecule is CCC(C)C(NC(=O)CN(Cc1ccccc1)C(C)C)C(=O)OC. The summed E-state index contributed by atoms with van der Waals surface area (Å²) in [4.78, 5) is 26.4. The fourth-order valence-electron chi connectivity index (χ4n) is 2.44. The Morgan fingerprint density at radius 2 is 1.79 bits per heavy atom. The van der Waals surface area contributed by atoms with Gasteiger partial charge in [-0.25, -0.2) is 4.79 Å². The molecule has 0 spiro atoms. The molecular formula is C19H30N2O3. The lowest BCUT2D eigenvalue weighted by atomic mass is 9.99. The van der Waals surface area contributed by atoms with Crippen LogP contribution in [0.5, 0.6) is 0 Å². The first-order valence-electron chi connectivity index (χ1n) is 8.54. The molecule has 0 aliphatic heterocycles. The molecule has 0 saturated carbocycles. The molecule has 2 atom stereocenters. The molecule has 0 aliphatic rings. The predicted molar refractivity (Wildman–Crippen MR) is 95.4 cm³/mol. The van der Waals surface area contributed by atoms with E-state index in [1.54, 1.807) is 0 Å². The lowest BCUT2D eigenvalue weighted by molar-refractivity contribution is -0.146. The number of carbonyl (C=O) groups excluding carboxylic acids is 2. The van der Waals surface area contributed by atoms with E-state index >= 15 is 0 Å². The first-order chi connectivity index (χ1) is 11.4. The highest BCUT2D eigenvalue weighted by molar-refractivity contribution is 5.85. The molecule has 1 rings (SSSR count). The number of methoxy groups -OCH3 is 1. The quantitative estimate of drug-likeness (QED) is 0.705. The summed E-state index contributed by atoms with van der Waals surface area (Å²) in [6, 6.07) is 9.67. The number of esters is 1. The van der Waals surface area contributed by atoms with Gasteiger partial charge >= 0.3 is 5.97 Å². The monoisotopic (exact) mass is 334 g/mol. The van der Waals surface area contributed by atoms with Crippen molar-refractivity contribution < 1.29 is 14.3 Å². The number of amides is 1. The number of nitrogens with zero attached hydrogens (tertiary/aromatic N) is 1. The smallest absolute Gasteiger partial charge is 0.328 e. The standard InChI is InChI=1S/C19H30N2O3/c1-6-15(4)18(19(23)24-5)20-17(22)13-21(14(2)3)12-16-10-8-7-9-11-16/h7-11,14-15,18H,6,12-13H2,1-5H3,(H,20,22). The van der Waals surface area contributed by atoms with Crippen molar-refractivity contribution in [3.8, 4) is 0 Å². The Morgan fingerprint density at radius 3 is 2.29 bits per heavy atom. The van der Waals surface area contributed by atoms with E-state index in [4.69, 9.17) is 4.74 Å². The summed E-state index contributed by atoms with van der Waals surface area (Å²) in [5, 5.41) is 2.83. The Balaban J connectivity index is 2.71. The van der Waals surface area contributed by atoms with Gasteiger partial charge in [0.25, 0.3) is 0 Å². The van der Waals surface area contributed by atoms with E-state index in [-0.39, 0.29) is 24.4 Å². The first-order valence-corrected chi connectivity index (χ1v) is 8.54. The third-order valence-corrected chi connectivity index (χ3v) is 4.29. The Hall–Kier alpha value is -1.88. The van der Waals surface area contributed by atoms with Gasteiger partial charge in [-0.2, -0.15) is 0 Å². The topological polar surface area (TPSA) is 58.6 Å². The van der Waals surface area contributed by atoms with Crippen LogP contribution in [0.1, 0.15) is 39.7 Å². The summed E-state index contributed by atoms with van der Waals surface area (Å²) in [6.45, 7) is 8.98. The molecule has 0 saturated heterocycles. The van der Waals surface area contributed by atoms with Crippen LogP contribution in [-0.4, -0.2) is 42.5 Å². The van der Waals surface area contributed by atoms with Gasteiger partial charge in [-0.3, -0.25) is 9.69 Å². The van der Waals surface area contributed by atoms with Crippen LogP contribution in [0.15, 0.2) is 30.3 Å². The predicted octanol–water partition coefficient (Wildman–Crippen LogP) is 2.60. The maximum atomic E-state index is 12.4. The highest BCUT2D eigenvalue weighted by Gasteiger charge is 2.27. The molecule has 5 heteroatoms. The van der Waals surface area contributed by atoms with Gasteiger partial charge in [0.1, 0.15) is 6.04 Å². The summed E-state index contributed by atoms with van der Waals surface area (Å²) in [7, 11) is 1.35. The number of benzene rings is 1. The fraction of sp³-hybridized carbons (Fsp3) is 0.579. The van der Waals surface area contributed by atoms with Crippen LogP contribution in [-0.2, 0) is 20.9 Å². The molecule has 0 heterocycles. The Kier molecular flexibility index (Phi) is 8.47. The third-order valence-electron chi connectivity index (χ3n) is 4.29.